The van der Waals surface area contributed by atoms with Crippen LogP contribution < -0.4 is 10.6 Å². The molecule has 26 heavy (non-hydrogen) atoms. The highest BCUT2D eigenvalue weighted by molar-refractivity contribution is 5.83. The minimum Gasteiger partial charge on any atom is -0.480 e. The van der Waals surface area contributed by atoms with Gasteiger partial charge in [-0.05, 0) is 43.5 Å². The van der Waals surface area contributed by atoms with E-state index in [-0.39, 0.29) is 6.54 Å². The SMILES string of the molecule is CC(C)(C)OC(=O)NCCN[C@H](Cc1ccc2ccccc2c1)C(=O)O. The molecule has 0 spiro atoms. The van der Waals surface area contributed by atoms with Gasteiger partial charge in [-0.15, -0.1) is 0 Å². The molecule has 0 saturated heterocycles. The molecule has 6 heteroatoms. The van der Waals surface area contributed by atoms with Crippen molar-refractivity contribution in [3.05, 3.63) is 48.0 Å². The van der Waals surface area contributed by atoms with Crippen LogP contribution in [0.15, 0.2) is 42.5 Å². The molecule has 0 aliphatic rings. The lowest BCUT2D eigenvalue weighted by molar-refractivity contribution is -0.139. The quantitative estimate of drug-likeness (QED) is 0.663. The number of carbonyl (C=O) groups is 2. The lowest BCUT2D eigenvalue weighted by atomic mass is 10.0. The van der Waals surface area contributed by atoms with E-state index in [4.69, 9.17) is 4.74 Å². The van der Waals surface area contributed by atoms with Crippen molar-refractivity contribution in [2.45, 2.75) is 38.8 Å². The van der Waals surface area contributed by atoms with E-state index < -0.39 is 23.7 Å². The summed E-state index contributed by atoms with van der Waals surface area (Å²) in [5, 5.41) is 17.2. The zero-order valence-corrected chi connectivity index (χ0v) is 15.4. The maximum Gasteiger partial charge on any atom is 0.407 e. The third kappa shape index (κ3) is 6.37. The number of amides is 1. The van der Waals surface area contributed by atoms with Crippen molar-refractivity contribution >= 4 is 22.8 Å². The summed E-state index contributed by atoms with van der Waals surface area (Å²) in [6.45, 7) is 5.98. The molecule has 0 radical (unpaired) electrons. The second-order valence-electron chi connectivity index (χ2n) is 7.16. The Morgan fingerprint density at radius 3 is 2.42 bits per heavy atom. The number of hydrogen-bond acceptors (Lipinski definition) is 4. The van der Waals surface area contributed by atoms with Gasteiger partial charge in [-0.1, -0.05) is 42.5 Å². The fraction of sp³-hybridized carbons (Fsp3) is 0.400. The lowest BCUT2D eigenvalue weighted by Gasteiger charge is -2.20. The summed E-state index contributed by atoms with van der Waals surface area (Å²) in [6, 6.07) is 13.2. The number of hydrogen-bond donors (Lipinski definition) is 3. The van der Waals surface area contributed by atoms with Gasteiger partial charge >= 0.3 is 12.1 Å². The molecule has 0 fully saturated rings. The standard InChI is InChI=1S/C20H26N2O4/c1-20(2,3)26-19(25)22-11-10-21-17(18(23)24)13-14-8-9-15-6-4-5-7-16(15)12-14/h4-9,12,17,21H,10-11,13H2,1-3H3,(H,22,25)(H,23,24)/t17-/m1/s1. The molecule has 2 aromatic rings. The normalized spacial score (nSPS) is 12.6. The Balaban J connectivity index is 1.86. The van der Waals surface area contributed by atoms with E-state index in [0.29, 0.717) is 13.0 Å². The van der Waals surface area contributed by atoms with E-state index in [9.17, 15) is 14.7 Å². The minimum absolute atomic E-state index is 0.288. The van der Waals surface area contributed by atoms with Crippen molar-refractivity contribution in [3.63, 3.8) is 0 Å². The number of fused-ring (bicyclic) bond motifs is 1. The fourth-order valence-electron chi connectivity index (χ4n) is 2.57. The Morgan fingerprint density at radius 1 is 1.08 bits per heavy atom. The number of carboxylic acids is 1. The minimum atomic E-state index is -0.921. The third-order valence-electron chi connectivity index (χ3n) is 3.74. The smallest absolute Gasteiger partial charge is 0.407 e. The van der Waals surface area contributed by atoms with E-state index in [0.717, 1.165) is 16.3 Å². The summed E-state index contributed by atoms with van der Waals surface area (Å²) in [5.41, 5.74) is 0.390. The van der Waals surface area contributed by atoms with Gasteiger partial charge in [-0.3, -0.25) is 4.79 Å². The molecular weight excluding hydrogens is 332 g/mol. The summed E-state index contributed by atoms with van der Waals surface area (Å²) in [5.74, 6) is -0.921. The van der Waals surface area contributed by atoms with Gasteiger partial charge in [0.15, 0.2) is 0 Å². The third-order valence-corrected chi connectivity index (χ3v) is 3.74. The van der Waals surface area contributed by atoms with Crippen LogP contribution in [-0.2, 0) is 16.0 Å². The van der Waals surface area contributed by atoms with Crippen molar-refractivity contribution in [2.75, 3.05) is 13.1 Å². The number of carboxylic acid groups (broad SMARTS) is 1. The average Bonchev–Trinajstić information content (AvgIpc) is 2.55. The van der Waals surface area contributed by atoms with Crippen LogP contribution in [0.5, 0.6) is 0 Å². The highest BCUT2D eigenvalue weighted by Crippen LogP contribution is 2.16. The number of alkyl carbamates (subject to hydrolysis) is 1. The maximum atomic E-state index is 11.6. The summed E-state index contributed by atoms with van der Waals surface area (Å²) in [7, 11) is 0. The molecule has 2 aromatic carbocycles. The van der Waals surface area contributed by atoms with Crippen molar-refractivity contribution in [1.82, 2.24) is 10.6 Å². The first-order valence-corrected chi connectivity index (χ1v) is 8.65. The molecule has 3 N–H and O–H groups in total. The van der Waals surface area contributed by atoms with Crippen molar-refractivity contribution in [2.24, 2.45) is 0 Å². The second kappa shape index (κ2) is 8.67. The average molecular weight is 358 g/mol. The number of nitrogens with one attached hydrogen (secondary N) is 2. The van der Waals surface area contributed by atoms with E-state index in [1.807, 2.05) is 42.5 Å². The Bertz CT molecular complexity index is 768. The predicted octanol–water partition coefficient (Wildman–Crippen LogP) is 2.95. The molecule has 1 amide bonds. The monoisotopic (exact) mass is 358 g/mol. The molecule has 0 heterocycles. The highest BCUT2D eigenvalue weighted by atomic mass is 16.6. The topological polar surface area (TPSA) is 87.7 Å². The van der Waals surface area contributed by atoms with Gasteiger partial charge in [0.2, 0.25) is 0 Å². The molecule has 6 nitrogen and oxygen atoms in total. The summed E-state index contributed by atoms with van der Waals surface area (Å²) < 4.78 is 5.13. The molecular formula is C20H26N2O4. The van der Waals surface area contributed by atoms with Crippen LogP contribution in [-0.4, -0.2) is 41.9 Å². The Morgan fingerprint density at radius 2 is 1.77 bits per heavy atom. The molecule has 140 valence electrons. The second-order valence-corrected chi connectivity index (χ2v) is 7.16. The van der Waals surface area contributed by atoms with E-state index in [2.05, 4.69) is 10.6 Å². The summed E-state index contributed by atoms with van der Waals surface area (Å²) >= 11 is 0. The lowest BCUT2D eigenvalue weighted by Crippen LogP contribution is -2.43. The number of aliphatic carboxylic acids is 1. The Labute approximate surface area is 153 Å². The van der Waals surface area contributed by atoms with Gasteiger partial charge in [0.1, 0.15) is 11.6 Å². The number of ether oxygens (including phenoxy) is 1. The van der Waals surface area contributed by atoms with Gasteiger partial charge < -0.3 is 20.5 Å². The van der Waals surface area contributed by atoms with Crippen LogP contribution in [0, 0.1) is 0 Å². The van der Waals surface area contributed by atoms with Crippen molar-refractivity contribution in [1.29, 1.82) is 0 Å². The van der Waals surface area contributed by atoms with Crippen LogP contribution in [0.1, 0.15) is 26.3 Å². The Hall–Kier alpha value is -2.60. The van der Waals surface area contributed by atoms with Crippen LogP contribution in [0.4, 0.5) is 4.79 Å². The molecule has 0 unspecified atom stereocenters. The van der Waals surface area contributed by atoms with Crippen molar-refractivity contribution < 1.29 is 19.4 Å². The highest BCUT2D eigenvalue weighted by Gasteiger charge is 2.18. The molecule has 0 aliphatic heterocycles. The first-order valence-electron chi connectivity index (χ1n) is 8.65. The summed E-state index contributed by atoms with van der Waals surface area (Å²) in [4.78, 5) is 23.1. The largest absolute Gasteiger partial charge is 0.480 e. The number of rotatable bonds is 7. The van der Waals surface area contributed by atoms with Gasteiger partial charge in [0.05, 0.1) is 0 Å². The number of benzene rings is 2. The molecule has 0 saturated carbocycles. The van der Waals surface area contributed by atoms with Crippen LogP contribution in [0.2, 0.25) is 0 Å². The molecule has 0 bridgehead atoms. The zero-order valence-electron chi connectivity index (χ0n) is 15.4. The maximum absolute atomic E-state index is 11.6. The van der Waals surface area contributed by atoms with Crippen LogP contribution in [0.25, 0.3) is 10.8 Å². The summed E-state index contributed by atoms with van der Waals surface area (Å²) in [6.07, 6.45) is -0.146. The fourth-order valence-corrected chi connectivity index (χ4v) is 2.57. The van der Waals surface area contributed by atoms with E-state index in [1.54, 1.807) is 20.8 Å². The van der Waals surface area contributed by atoms with Crippen LogP contribution in [0.3, 0.4) is 0 Å². The Kier molecular flexibility index (Phi) is 6.58. The molecule has 2 rings (SSSR count). The zero-order chi connectivity index (χ0) is 19.2. The number of carbonyl (C=O) groups excluding carboxylic acids is 1. The van der Waals surface area contributed by atoms with Gasteiger partial charge in [0.25, 0.3) is 0 Å². The first kappa shape index (κ1) is 19.7. The molecule has 0 aliphatic carbocycles. The predicted molar refractivity (Wildman–Crippen MR) is 101 cm³/mol. The molecule has 0 aromatic heterocycles. The van der Waals surface area contributed by atoms with Gasteiger partial charge in [0, 0.05) is 13.1 Å². The van der Waals surface area contributed by atoms with Gasteiger partial charge in [-0.25, -0.2) is 4.79 Å². The van der Waals surface area contributed by atoms with Gasteiger partial charge in [-0.2, -0.15) is 0 Å². The van der Waals surface area contributed by atoms with E-state index in [1.165, 1.54) is 0 Å². The van der Waals surface area contributed by atoms with E-state index >= 15 is 0 Å². The van der Waals surface area contributed by atoms with Crippen molar-refractivity contribution in [3.8, 4) is 0 Å². The molecule has 1 atom stereocenters. The first-order chi connectivity index (χ1) is 12.2. The van der Waals surface area contributed by atoms with Crippen LogP contribution >= 0.6 is 0 Å².